The molecule has 3 aromatic rings. The number of rotatable bonds is 11. The second-order valence-corrected chi connectivity index (χ2v) is 7.55. The third kappa shape index (κ3) is 5.50. The maximum atomic E-state index is 6.08. The molecule has 0 fully saturated rings. The van der Waals surface area contributed by atoms with Gasteiger partial charge in [-0.05, 0) is 50.2 Å². The standard InChI is InChI=1S/C23H32N4O3/c1-17(2)30-20-8-5-18(6-9-20)23-21(16-26(11-13-28-3)12-14-29-4)27-15-19(24)7-10-22(27)25-23/h5-10,15,17H,11-14,16,24H2,1-4H3. The van der Waals surface area contributed by atoms with Crippen molar-refractivity contribution in [3.05, 3.63) is 48.3 Å². The molecular weight excluding hydrogens is 380 g/mol. The van der Waals surface area contributed by atoms with Crippen LogP contribution in [0.2, 0.25) is 0 Å². The average molecular weight is 413 g/mol. The van der Waals surface area contributed by atoms with Crippen molar-refractivity contribution in [1.29, 1.82) is 0 Å². The number of aromatic nitrogens is 2. The lowest BCUT2D eigenvalue weighted by molar-refractivity contribution is 0.109. The van der Waals surface area contributed by atoms with Crippen LogP contribution in [0.4, 0.5) is 5.69 Å². The van der Waals surface area contributed by atoms with E-state index in [1.807, 2.05) is 44.3 Å². The Kier molecular flexibility index (Phi) is 7.68. The van der Waals surface area contributed by atoms with E-state index in [-0.39, 0.29) is 6.10 Å². The van der Waals surface area contributed by atoms with Crippen LogP contribution in [0, 0.1) is 0 Å². The van der Waals surface area contributed by atoms with Crippen LogP contribution in [0.1, 0.15) is 19.5 Å². The molecule has 0 saturated heterocycles. The average Bonchev–Trinajstić information content (AvgIpc) is 3.07. The first-order valence-corrected chi connectivity index (χ1v) is 10.3. The lowest BCUT2D eigenvalue weighted by Gasteiger charge is -2.22. The Labute approximate surface area is 178 Å². The second kappa shape index (κ2) is 10.4. The Bertz CT molecular complexity index is 930. The molecule has 0 bridgehead atoms. The minimum atomic E-state index is 0.139. The minimum Gasteiger partial charge on any atom is -0.491 e. The smallest absolute Gasteiger partial charge is 0.137 e. The fourth-order valence-corrected chi connectivity index (χ4v) is 3.38. The molecule has 0 aliphatic rings. The predicted molar refractivity (Wildman–Crippen MR) is 120 cm³/mol. The summed E-state index contributed by atoms with van der Waals surface area (Å²) in [6.07, 6.45) is 2.07. The molecule has 0 radical (unpaired) electrons. The topological polar surface area (TPSA) is 74.2 Å². The highest BCUT2D eigenvalue weighted by Crippen LogP contribution is 2.28. The lowest BCUT2D eigenvalue weighted by Crippen LogP contribution is -2.31. The predicted octanol–water partition coefficient (Wildman–Crippen LogP) is 3.47. The highest BCUT2D eigenvalue weighted by Gasteiger charge is 2.18. The van der Waals surface area contributed by atoms with Crippen molar-refractivity contribution in [1.82, 2.24) is 14.3 Å². The molecular formula is C23H32N4O3. The Morgan fingerprint density at radius 1 is 1.00 bits per heavy atom. The zero-order valence-corrected chi connectivity index (χ0v) is 18.3. The fourth-order valence-electron chi connectivity index (χ4n) is 3.38. The number of nitrogens with zero attached hydrogens (tertiary/aromatic N) is 3. The van der Waals surface area contributed by atoms with Crippen LogP contribution in [0.3, 0.4) is 0 Å². The van der Waals surface area contributed by atoms with Crippen LogP contribution in [-0.2, 0) is 16.0 Å². The molecule has 0 unspecified atom stereocenters. The Morgan fingerprint density at radius 2 is 1.67 bits per heavy atom. The first-order valence-electron chi connectivity index (χ1n) is 10.3. The molecule has 7 nitrogen and oxygen atoms in total. The summed E-state index contributed by atoms with van der Waals surface area (Å²) >= 11 is 0. The maximum Gasteiger partial charge on any atom is 0.137 e. The van der Waals surface area contributed by atoms with Gasteiger partial charge in [-0.3, -0.25) is 4.90 Å². The number of fused-ring (bicyclic) bond motifs is 1. The summed E-state index contributed by atoms with van der Waals surface area (Å²) in [6, 6.07) is 11.9. The van der Waals surface area contributed by atoms with E-state index in [9.17, 15) is 0 Å². The molecule has 30 heavy (non-hydrogen) atoms. The highest BCUT2D eigenvalue weighted by molar-refractivity contribution is 5.68. The molecule has 3 rings (SSSR count). The number of imidazole rings is 1. The van der Waals surface area contributed by atoms with Crippen LogP contribution in [0.15, 0.2) is 42.6 Å². The monoisotopic (exact) mass is 412 g/mol. The summed E-state index contributed by atoms with van der Waals surface area (Å²) < 4.78 is 18.5. The van der Waals surface area contributed by atoms with E-state index in [0.29, 0.717) is 25.4 Å². The van der Waals surface area contributed by atoms with Crippen molar-refractivity contribution < 1.29 is 14.2 Å². The molecule has 7 heteroatoms. The van der Waals surface area contributed by atoms with Gasteiger partial charge >= 0.3 is 0 Å². The van der Waals surface area contributed by atoms with Gasteiger partial charge in [-0.1, -0.05) is 0 Å². The summed E-state index contributed by atoms with van der Waals surface area (Å²) in [5, 5.41) is 0. The minimum absolute atomic E-state index is 0.139. The van der Waals surface area contributed by atoms with Crippen molar-refractivity contribution >= 4 is 11.3 Å². The summed E-state index contributed by atoms with van der Waals surface area (Å²) in [5.41, 5.74) is 10.7. The zero-order chi connectivity index (χ0) is 21.5. The first kappa shape index (κ1) is 22.1. The molecule has 0 aliphatic heterocycles. The second-order valence-electron chi connectivity index (χ2n) is 7.55. The SMILES string of the molecule is COCCN(CCOC)Cc1c(-c2ccc(OC(C)C)cc2)nc2ccc(N)cn12. The Morgan fingerprint density at radius 3 is 2.27 bits per heavy atom. The molecule has 2 N–H and O–H groups in total. The Hall–Kier alpha value is -2.61. The number of hydrogen-bond donors (Lipinski definition) is 1. The van der Waals surface area contributed by atoms with Gasteiger partial charge in [0.15, 0.2) is 0 Å². The third-order valence-corrected chi connectivity index (χ3v) is 4.84. The van der Waals surface area contributed by atoms with Gasteiger partial charge in [0.1, 0.15) is 11.4 Å². The van der Waals surface area contributed by atoms with Gasteiger partial charge in [0.2, 0.25) is 0 Å². The van der Waals surface area contributed by atoms with Crippen molar-refractivity contribution in [3.63, 3.8) is 0 Å². The van der Waals surface area contributed by atoms with Gasteiger partial charge in [0.25, 0.3) is 0 Å². The molecule has 162 valence electrons. The number of nitrogens with two attached hydrogens (primary N) is 1. The van der Waals surface area contributed by atoms with Crippen LogP contribution in [0.5, 0.6) is 5.75 Å². The van der Waals surface area contributed by atoms with E-state index >= 15 is 0 Å². The summed E-state index contributed by atoms with van der Waals surface area (Å²) in [4.78, 5) is 7.21. The molecule has 0 atom stereocenters. The van der Waals surface area contributed by atoms with Gasteiger partial charge in [-0.25, -0.2) is 4.98 Å². The number of ether oxygens (including phenoxy) is 3. The zero-order valence-electron chi connectivity index (χ0n) is 18.3. The number of nitrogen functional groups attached to an aromatic ring is 1. The normalized spacial score (nSPS) is 11.7. The molecule has 2 heterocycles. The lowest BCUT2D eigenvalue weighted by atomic mass is 10.1. The Balaban J connectivity index is 1.99. The number of methoxy groups -OCH3 is 2. The van der Waals surface area contributed by atoms with E-state index in [1.165, 1.54) is 0 Å². The van der Waals surface area contributed by atoms with E-state index in [2.05, 4.69) is 21.4 Å². The van der Waals surface area contributed by atoms with Gasteiger partial charge in [0, 0.05) is 51.3 Å². The van der Waals surface area contributed by atoms with E-state index in [0.717, 1.165) is 41.4 Å². The van der Waals surface area contributed by atoms with Crippen LogP contribution < -0.4 is 10.5 Å². The summed E-state index contributed by atoms with van der Waals surface area (Å²) in [5.74, 6) is 0.852. The molecule has 2 aromatic heterocycles. The number of anilines is 1. The maximum absolute atomic E-state index is 6.08. The molecule has 0 amide bonds. The van der Waals surface area contributed by atoms with Crippen LogP contribution in [0.25, 0.3) is 16.9 Å². The molecule has 0 saturated carbocycles. The largest absolute Gasteiger partial charge is 0.491 e. The molecule has 0 spiro atoms. The first-order chi connectivity index (χ1) is 14.5. The van der Waals surface area contributed by atoms with Crippen molar-refractivity contribution in [2.75, 3.05) is 46.3 Å². The summed E-state index contributed by atoms with van der Waals surface area (Å²) in [7, 11) is 3.44. The third-order valence-electron chi connectivity index (χ3n) is 4.84. The van der Waals surface area contributed by atoms with Gasteiger partial charge < -0.3 is 24.3 Å². The van der Waals surface area contributed by atoms with E-state index in [1.54, 1.807) is 14.2 Å². The van der Waals surface area contributed by atoms with Gasteiger partial charge in [-0.2, -0.15) is 0 Å². The summed E-state index contributed by atoms with van der Waals surface area (Å²) in [6.45, 7) is 7.65. The van der Waals surface area contributed by atoms with E-state index < -0.39 is 0 Å². The quantitative estimate of drug-likeness (QED) is 0.520. The molecule has 0 aliphatic carbocycles. The fraction of sp³-hybridized carbons (Fsp3) is 0.435. The van der Waals surface area contributed by atoms with Gasteiger partial charge in [-0.15, -0.1) is 0 Å². The van der Waals surface area contributed by atoms with Gasteiger partial charge in [0.05, 0.1) is 30.7 Å². The number of benzene rings is 1. The van der Waals surface area contributed by atoms with Crippen molar-refractivity contribution in [2.24, 2.45) is 0 Å². The van der Waals surface area contributed by atoms with Crippen LogP contribution >= 0.6 is 0 Å². The van der Waals surface area contributed by atoms with Crippen molar-refractivity contribution in [3.8, 4) is 17.0 Å². The van der Waals surface area contributed by atoms with Crippen LogP contribution in [-0.4, -0.2) is 60.9 Å². The highest BCUT2D eigenvalue weighted by atomic mass is 16.5. The van der Waals surface area contributed by atoms with Crippen molar-refractivity contribution in [2.45, 2.75) is 26.5 Å². The van der Waals surface area contributed by atoms with E-state index in [4.69, 9.17) is 24.9 Å². The number of hydrogen-bond acceptors (Lipinski definition) is 6. The number of pyridine rings is 1. The molecule has 1 aromatic carbocycles.